The Balaban J connectivity index is 0.000000181. The fourth-order valence-corrected chi connectivity index (χ4v) is 11.5. The van der Waals surface area contributed by atoms with Crippen LogP contribution >= 0.6 is 0 Å². The van der Waals surface area contributed by atoms with E-state index in [2.05, 4.69) is 146 Å². The van der Waals surface area contributed by atoms with Crippen LogP contribution in [-0.4, -0.2) is 0 Å². The van der Waals surface area contributed by atoms with E-state index in [1.807, 2.05) is 0 Å². The molecule has 0 spiro atoms. The van der Waals surface area contributed by atoms with Crippen LogP contribution in [0.15, 0.2) is 307 Å². The van der Waals surface area contributed by atoms with Gasteiger partial charge in [0.05, 0.1) is 35.6 Å². The summed E-state index contributed by atoms with van der Waals surface area (Å²) >= 11 is 0. The maximum atomic E-state index is 9.70. The second kappa shape index (κ2) is 19.1. The molecule has 0 saturated carbocycles. The minimum atomic E-state index is -1.07. The number of hydrogen-bond acceptors (Lipinski definition) is 1. The third-order valence-electron chi connectivity index (χ3n) is 14.9. The van der Waals surface area contributed by atoms with Gasteiger partial charge in [0.2, 0.25) is 0 Å². The monoisotopic (exact) mass is 1050 g/mol. The van der Waals surface area contributed by atoms with Gasteiger partial charge < -0.3 is 4.42 Å². The molecule has 376 valence electrons. The van der Waals surface area contributed by atoms with Gasteiger partial charge in [-0.05, 0) is 167 Å². The standard InChI is InChI=1S/C40H24O.C40H26/c1-2-12-27-24-28(21-20-25(27)10-1)37-30-14-5-7-16-32(30)38(33-17-8-6-15-31(33)37)34-18-9-19-36-39(34)35-23-22-26-11-3-4-13-29(26)40(35)41-36;1-2-13-29-25-31(24-23-27(29)11-1)30-15-9-16-32(26-30)39-35-18-5-7-20-37(35)40(38-21-8-6-19-36(38)39)34-22-10-14-28-12-3-4-17-33(28)34/h1-24H;1-26H/i;1D,2D,3D,4D,5D,6D,7D,8D,9D,10D,11D,12D,13D,14D,15D,16D,17D,18D,19D,20D,21D,22D,23D,24D,25D,26D. The molecule has 1 heteroatoms. The second-order valence-electron chi connectivity index (χ2n) is 19.3. The Morgan fingerprint density at radius 2 is 0.765 bits per heavy atom. The Labute approximate surface area is 505 Å². The molecule has 0 aliphatic rings. The molecule has 1 nitrogen and oxygen atoms in total. The maximum Gasteiger partial charge on any atom is 0.143 e. The van der Waals surface area contributed by atoms with Crippen LogP contribution in [0.3, 0.4) is 0 Å². The molecule has 0 saturated heterocycles. The smallest absolute Gasteiger partial charge is 0.143 e. The van der Waals surface area contributed by atoms with Gasteiger partial charge in [-0.15, -0.1) is 0 Å². The molecule has 81 heavy (non-hydrogen) atoms. The van der Waals surface area contributed by atoms with Crippen molar-refractivity contribution >= 4 is 108 Å². The van der Waals surface area contributed by atoms with Crippen molar-refractivity contribution in [1.29, 1.82) is 0 Å². The molecule has 1 aromatic heterocycles. The van der Waals surface area contributed by atoms with Crippen LogP contribution in [0.25, 0.3) is 164 Å². The van der Waals surface area contributed by atoms with E-state index in [0.29, 0.717) is 0 Å². The molecule has 0 atom stereocenters. The SMILES string of the molecule is [2H]c1c([2H])c(-c2c([2H])c([2H])c3c([2H])c([2H])c([2H])c([2H])c3c2[2H])c([2H])c(-c2c3c([2H])c([2H])c([2H])c([2H])c3c(-c3c([2H])c([2H])c([2H])c4c([2H])c([2H])c([2H])c([2H])c34)c3c([2H])c([2H])c([2H])c([2H])c23)c1[2H].c1ccc2cc(-c3c4ccccc4c(-c4cccc5oc6c7ccccc7ccc6c45)c4ccccc34)ccc2c1. The van der Waals surface area contributed by atoms with E-state index in [0.717, 1.165) is 21.9 Å². The lowest BCUT2D eigenvalue weighted by molar-refractivity contribution is 0.673. The van der Waals surface area contributed by atoms with Crippen molar-refractivity contribution in [2.24, 2.45) is 0 Å². The van der Waals surface area contributed by atoms with E-state index < -0.39 is 234 Å². The second-order valence-corrected chi connectivity index (χ2v) is 19.3. The van der Waals surface area contributed by atoms with Crippen LogP contribution < -0.4 is 0 Å². The van der Waals surface area contributed by atoms with Crippen molar-refractivity contribution in [1.82, 2.24) is 0 Å². The highest BCUT2D eigenvalue weighted by Gasteiger charge is 2.22. The van der Waals surface area contributed by atoms with Crippen molar-refractivity contribution in [2.75, 3.05) is 0 Å². The van der Waals surface area contributed by atoms with Gasteiger partial charge >= 0.3 is 0 Å². The van der Waals surface area contributed by atoms with Crippen LogP contribution in [-0.2, 0) is 0 Å². The number of furan rings is 1. The minimum absolute atomic E-state index is 0.554. The summed E-state index contributed by atoms with van der Waals surface area (Å²) in [4.78, 5) is 0. The van der Waals surface area contributed by atoms with E-state index in [-0.39, 0.29) is 0 Å². The summed E-state index contributed by atoms with van der Waals surface area (Å²) in [7, 11) is 0. The van der Waals surface area contributed by atoms with E-state index in [1.165, 1.54) is 65.3 Å². The zero-order valence-corrected chi connectivity index (χ0v) is 42.3. The molecule has 0 fully saturated rings. The first kappa shape index (κ1) is 27.3. The third-order valence-corrected chi connectivity index (χ3v) is 14.9. The summed E-state index contributed by atoms with van der Waals surface area (Å²) < 4.78 is 238. The molecule has 17 rings (SSSR count). The van der Waals surface area contributed by atoms with Crippen molar-refractivity contribution < 1.29 is 40.1 Å². The Morgan fingerprint density at radius 3 is 1.49 bits per heavy atom. The van der Waals surface area contributed by atoms with E-state index in [4.69, 9.17) is 29.1 Å². The first-order valence-electron chi connectivity index (χ1n) is 38.9. The summed E-state index contributed by atoms with van der Waals surface area (Å²) in [5.41, 5.74) is 2.15. The molecule has 16 aromatic carbocycles. The average molecular weight is 1050 g/mol. The van der Waals surface area contributed by atoms with Gasteiger partial charge in [-0.25, -0.2) is 0 Å². The Kier molecular flexibility index (Phi) is 6.44. The Bertz CT molecular complexity index is 6820. The predicted molar refractivity (Wildman–Crippen MR) is 347 cm³/mol. The highest BCUT2D eigenvalue weighted by molar-refractivity contribution is 6.28. The van der Waals surface area contributed by atoms with Gasteiger partial charge in [-0.2, -0.15) is 0 Å². The first-order chi connectivity index (χ1) is 51.0. The number of rotatable bonds is 5. The van der Waals surface area contributed by atoms with E-state index in [1.54, 1.807) is 0 Å². The molecule has 17 aromatic rings. The summed E-state index contributed by atoms with van der Waals surface area (Å²) in [6, 6.07) is 28.2. The molecule has 0 bridgehead atoms. The van der Waals surface area contributed by atoms with Crippen molar-refractivity contribution in [2.45, 2.75) is 0 Å². The molecule has 0 aliphatic heterocycles. The zero-order chi connectivity index (χ0) is 76.0. The third kappa shape index (κ3) is 7.70. The molecule has 0 N–H and O–H groups in total. The fourth-order valence-electron chi connectivity index (χ4n) is 11.5. The van der Waals surface area contributed by atoms with Gasteiger partial charge in [0.15, 0.2) is 0 Å². The molecule has 0 aliphatic carbocycles. The van der Waals surface area contributed by atoms with Crippen molar-refractivity contribution in [3.63, 3.8) is 0 Å². The summed E-state index contributed by atoms with van der Waals surface area (Å²) in [6.07, 6.45) is 0. The predicted octanol–water partition coefficient (Wildman–Crippen LogP) is 22.8. The lowest BCUT2D eigenvalue weighted by Crippen LogP contribution is -1.92. The molecular formula is C80H50O. The van der Waals surface area contributed by atoms with Gasteiger partial charge in [0, 0.05) is 16.2 Å². The van der Waals surface area contributed by atoms with Crippen LogP contribution in [0, 0.1) is 0 Å². The average Bonchev–Trinajstić information content (AvgIpc) is 1.18. The quantitative estimate of drug-likeness (QED) is 0.157. The van der Waals surface area contributed by atoms with E-state index >= 15 is 0 Å². The van der Waals surface area contributed by atoms with Gasteiger partial charge in [-0.1, -0.05) is 272 Å². The lowest BCUT2D eigenvalue weighted by Gasteiger charge is -2.19. The van der Waals surface area contributed by atoms with E-state index in [9.17, 15) is 11.0 Å². The molecule has 0 amide bonds. The summed E-state index contributed by atoms with van der Waals surface area (Å²) in [5.74, 6) is 0. The van der Waals surface area contributed by atoms with Gasteiger partial charge in [0.1, 0.15) is 11.2 Å². The largest absolute Gasteiger partial charge is 0.455 e. The van der Waals surface area contributed by atoms with Crippen molar-refractivity contribution in [3.05, 3.63) is 303 Å². The zero-order valence-electron chi connectivity index (χ0n) is 68.3. The van der Waals surface area contributed by atoms with Crippen LogP contribution in [0.2, 0.25) is 0 Å². The highest BCUT2D eigenvalue weighted by atomic mass is 16.3. The molecule has 1 heterocycles. The number of benzene rings is 16. The molecular weight excluding hydrogens is 977 g/mol. The fraction of sp³-hybridized carbons (Fsp3) is 0. The van der Waals surface area contributed by atoms with Gasteiger partial charge in [-0.3, -0.25) is 0 Å². The van der Waals surface area contributed by atoms with Crippen LogP contribution in [0.4, 0.5) is 0 Å². The molecule has 0 unspecified atom stereocenters. The summed E-state index contributed by atoms with van der Waals surface area (Å²) in [6.45, 7) is 0. The summed E-state index contributed by atoms with van der Waals surface area (Å²) in [5, 5.41) is 6.81. The topological polar surface area (TPSA) is 13.1 Å². The Hall–Kier alpha value is -10.6. The molecule has 0 radical (unpaired) electrons. The van der Waals surface area contributed by atoms with Gasteiger partial charge in [0.25, 0.3) is 0 Å². The van der Waals surface area contributed by atoms with Crippen molar-refractivity contribution in [3.8, 4) is 55.6 Å². The van der Waals surface area contributed by atoms with Crippen LogP contribution in [0.5, 0.6) is 0 Å². The number of fused-ring (bicyclic) bond motifs is 12. The normalized spacial score (nSPS) is 16.2. The Morgan fingerprint density at radius 1 is 0.247 bits per heavy atom. The van der Waals surface area contributed by atoms with Crippen LogP contribution in [0.1, 0.15) is 35.6 Å². The highest BCUT2D eigenvalue weighted by Crippen LogP contribution is 2.49. The first-order valence-corrected chi connectivity index (χ1v) is 25.9. The minimum Gasteiger partial charge on any atom is -0.455 e. The lowest BCUT2D eigenvalue weighted by atomic mass is 9.84. The number of hydrogen-bond donors (Lipinski definition) is 0. The maximum absolute atomic E-state index is 9.70.